The highest BCUT2D eigenvalue weighted by Gasteiger charge is 2.18. The lowest BCUT2D eigenvalue weighted by molar-refractivity contribution is 0.669. The van der Waals surface area contributed by atoms with Crippen LogP contribution in [0.15, 0.2) is 192 Å². The zero-order valence-electron chi connectivity index (χ0n) is 29.5. The highest BCUT2D eigenvalue weighted by atomic mass is 16.3. The quantitative estimate of drug-likeness (QED) is 0.164. The third-order valence-electron chi connectivity index (χ3n) is 9.75. The van der Waals surface area contributed by atoms with Crippen molar-refractivity contribution in [3.05, 3.63) is 188 Å². The van der Waals surface area contributed by atoms with Crippen molar-refractivity contribution in [2.45, 2.75) is 0 Å². The largest absolute Gasteiger partial charge is 0.455 e. The summed E-state index contributed by atoms with van der Waals surface area (Å²) in [6, 6.07) is 63.5. The van der Waals surface area contributed by atoms with Gasteiger partial charge in [-0.25, -0.2) is 24.9 Å². The second-order valence-corrected chi connectivity index (χ2v) is 13.3. The Morgan fingerprint density at radius 1 is 0.291 bits per heavy atom. The van der Waals surface area contributed by atoms with Gasteiger partial charge in [-0.3, -0.25) is 0 Å². The van der Waals surface area contributed by atoms with E-state index in [2.05, 4.69) is 72.8 Å². The van der Waals surface area contributed by atoms with Crippen LogP contribution in [0.5, 0.6) is 0 Å². The summed E-state index contributed by atoms with van der Waals surface area (Å²) in [6.07, 6.45) is 0. The first-order valence-corrected chi connectivity index (χ1v) is 18.2. The number of para-hydroxylation sites is 2. The first kappa shape index (κ1) is 32.1. The fourth-order valence-electron chi connectivity index (χ4n) is 7.03. The maximum Gasteiger partial charge on any atom is 0.164 e. The van der Waals surface area contributed by atoms with Gasteiger partial charge in [0.25, 0.3) is 0 Å². The predicted octanol–water partition coefficient (Wildman–Crippen LogP) is 12.2. The molecule has 0 aliphatic carbocycles. The molecule has 0 bridgehead atoms. The van der Waals surface area contributed by atoms with E-state index in [1.54, 1.807) is 0 Å². The fraction of sp³-hybridized carbons (Fsp3) is 0. The van der Waals surface area contributed by atoms with E-state index in [1.807, 2.05) is 115 Å². The Morgan fingerprint density at radius 3 is 1.40 bits per heavy atom. The maximum absolute atomic E-state index is 6.42. The van der Waals surface area contributed by atoms with E-state index in [-0.39, 0.29) is 0 Å². The van der Waals surface area contributed by atoms with Crippen LogP contribution in [0.4, 0.5) is 0 Å². The lowest BCUT2D eigenvalue weighted by atomic mass is 9.99. The standard InChI is InChI=1S/C49H31N5O/c1-4-15-32(16-5-1)42-31-43(51-49(50-42)41-27-14-26-40-39-25-10-11-28-44(39)55-45(40)41)37-23-12-21-35(29-37)36-22-13-24-38(30-36)48-53-46(33-17-6-2-7-18-33)52-47(54-48)34-19-8-3-9-20-34/h1-31H. The summed E-state index contributed by atoms with van der Waals surface area (Å²) in [5, 5.41) is 2.11. The molecule has 3 heterocycles. The number of aromatic nitrogens is 5. The van der Waals surface area contributed by atoms with Crippen molar-refractivity contribution >= 4 is 21.9 Å². The van der Waals surface area contributed by atoms with E-state index < -0.39 is 0 Å². The average molecular weight is 706 g/mol. The minimum absolute atomic E-state index is 0.603. The summed E-state index contributed by atoms with van der Waals surface area (Å²) in [6.45, 7) is 0. The number of benzene rings is 7. The van der Waals surface area contributed by atoms with Crippen LogP contribution >= 0.6 is 0 Å². The number of fused-ring (bicyclic) bond motifs is 3. The van der Waals surface area contributed by atoms with E-state index in [9.17, 15) is 0 Å². The van der Waals surface area contributed by atoms with Crippen LogP contribution in [0.2, 0.25) is 0 Å². The Hall–Kier alpha value is -7.57. The molecule has 55 heavy (non-hydrogen) atoms. The molecule has 0 unspecified atom stereocenters. The molecular formula is C49H31N5O. The van der Waals surface area contributed by atoms with Crippen molar-refractivity contribution in [3.63, 3.8) is 0 Å². The zero-order valence-corrected chi connectivity index (χ0v) is 29.5. The van der Waals surface area contributed by atoms with Gasteiger partial charge in [0.2, 0.25) is 0 Å². The van der Waals surface area contributed by atoms with Gasteiger partial charge in [0.15, 0.2) is 23.3 Å². The van der Waals surface area contributed by atoms with Crippen molar-refractivity contribution in [2.24, 2.45) is 0 Å². The van der Waals surface area contributed by atoms with Crippen molar-refractivity contribution in [1.29, 1.82) is 0 Å². The minimum atomic E-state index is 0.603. The second kappa shape index (κ2) is 13.8. The third kappa shape index (κ3) is 6.22. The van der Waals surface area contributed by atoms with E-state index >= 15 is 0 Å². The molecule has 0 fully saturated rings. The smallest absolute Gasteiger partial charge is 0.164 e. The minimum Gasteiger partial charge on any atom is -0.455 e. The summed E-state index contributed by atoms with van der Waals surface area (Å²) >= 11 is 0. The van der Waals surface area contributed by atoms with Crippen LogP contribution < -0.4 is 0 Å². The molecule has 6 nitrogen and oxygen atoms in total. The van der Waals surface area contributed by atoms with Gasteiger partial charge in [-0.1, -0.05) is 158 Å². The Labute approximate surface area is 317 Å². The molecule has 0 aliphatic heterocycles. The molecule has 0 aliphatic rings. The highest BCUT2D eigenvalue weighted by molar-refractivity contribution is 6.09. The number of nitrogens with zero attached hydrogens (tertiary/aromatic N) is 5. The molecule has 0 saturated carbocycles. The van der Waals surface area contributed by atoms with Crippen LogP contribution in [0, 0.1) is 0 Å². The normalized spacial score (nSPS) is 11.3. The van der Waals surface area contributed by atoms with Gasteiger partial charge >= 0.3 is 0 Å². The molecule has 0 N–H and O–H groups in total. The van der Waals surface area contributed by atoms with Gasteiger partial charge in [-0.15, -0.1) is 0 Å². The molecule has 7 aromatic carbocycles. The van der Waals surface area contributed by atoms with Crippen LogP contribution in [0.1, 0.15) is 0 Å². The second-order valence-electron chi connectivity index (χ2n) is 13.3. The summed E-state index contributed by atoms with van der Waals surface area (Å²) < 4.78 is 6.42. The molecule has 258 valence electrons. The topological polar surface area (TPSA) is 77.6 Å². The molecule has 0 radical (unpaired) electrons. The van der Waals surface area contributed by atoms with Crippen molar-refractivity contribution in [2.75, 3.05) is 0 Å². The van der Waals surface area contributed by atoms with E-state index in [0.717, 1.165) is 77.8 Å². The summed E-state index contributed by atoms with van der Waals surface area (Å²) in [7, 11) is 0. The molecule has 0 spiro atoms. The van der Waals surface area contributed by atoms with Gasteiger partial charge in [0.05, 0.1) is 17.0 Å². The maximum atomic E-state index is 6.42. The van der Waals surface area contributed by atoms with Crippen molar-refractivity contribution in [1.82, 2.24) is 24.9 Å². The number of furan rings is 1. The highest BCUT2D eigenvalue weighted by Crippen LogP contribution is 2.37. The van der Waals surface area contributed by atoms with E-state index in [1.165, 1.54) is 0 Å². The first-order chi connectivity index (χ1) is 27.2. The third-order valence-corrected chi connectivity index (χ3v) is 9.75. The molecule has 10 rings (SSSR count). The zero-order chi connectivity index (χ0) is 36.6. The Kier molecular flexibility index (Phi) is 8.04. The van der Waals surface area contributed by atoms with Crippen molar-refractivity contribution in [3.8, 4) is 79.2 Å². The average Bonchev–Trinajstić information content (AvgIpc) is 3.66. The Bertz CT molecular complexity index is 2920. The molecule has 0 saturated heterocycles. The van der Waals surface area contributed by atoms with Gasteiger partial charge in [0, 0.05) is 38.6 Å². The fourth-order valence-corrected chi connectivity index (χ4v) is 7.03. The van der Waals surface area contributed by atoms with Crippen LogP contribution in [0.25, 0.3) is 101 Å². The summed E-state index contributed by atoms with van der Waals surface area (Å²) in [5.74, 6) is 2.47. The van der Waals surface area contributed by atoms with Crippen LogP contribution in [-0.4, -0.2) is 24.9 Å². The number of hydrogen-bond acceptors (Lipinski definition) is 6. The monoisotopic (exact) mass is 705 g/mol. The molecule has 3 aromatic heterocycles. The lowest BCUT2D eigenvalue weighted by Gasteiger charge is -2.12. The van der Waals surface area contributed by atoms with Crippen molar-refractivity contribution < 1.29 is 4.42 Å². The van der Waals surface area contributed by atoms with Gasteiger partial charge < -0.3 is 4.42 Å². The van der Waals surface area contributed by atoms with Gasteiger partial charge in [-0.2, -0.15) is 0 Å². The van der Waals surface area contributed by atoms with Crippen LogP contribution in [-0.2, 0) is 0 Å². The Balaban J connectivity index is 1.08. The molecule has 6 heteroatoms. The number of hydrogen-bond donors (Lipinski definition) is 0. The van der Waals surface area contributed by atoms with Gasteiger partial charge in [-0.05, 0) is 41.5 Å². The molecular weight excluding hydrogens is 675 g/mol. The SMILES string of the molecule is c1ccc(-c2cc(-c3cccc(-c4cccc(-c5nc(-c6ccccc6)nc(-c6ccccc6)n5)c4)c3)nc(-c3cccc4c3oc3ccccc34)n2)cc1. The summed E-state index contributed by atoms with van der Waals surface area (Å²) in [4.78, 5) is 25.1. The Morgan fingerprint density at radius 2 is 0.745 bits per heavy atom. The summed E-state index contributed by atoms with van der Waals surface area (Å²) in [5.41, 5.74) is 10.9. The van der Waals surface area contributed by atoms with Crippen LogP contribution in [0.3, 0.4) is 0 Å². The lowest BCUT2D eigenvalue weighted by Crippen LogP contribution is -2.00. The first-order valence-electron chi connectivity index (χ1n) is 18.2. The molecule has 10 aromatic rings. The molecule has 0 amide bonds. The van der Waals surface area contributed by atoms with E-state index in [4.69, 9.17) is 29.3 Å². The number of rotatable bonds is 7. The van der Waals surface area contributed by atoms with Gasteiger partial charge in [0.1, 0.15) is 11.2 Å². The molecule has 0 atom stereocenters. The van der Waals surface area contributed by atoms with E-state index in [0.29, 0.717) is 23.3 Å². The predicted molar refractivity (Wildman–Crippen MR) is 221 cm³/mol.